The van der Waals surface area contributed by atoms with Gasteiger partial charge in [-0.05, 0) is 48.9 Å². The number of piperidine rings is 1. The number of carbonyl (C=O) groups is 1. The summed E-state index contributed by atoms with van der Waals surface area (Å²) in [6.07, 6.45) is 2.42. The molecule has 2 aliphatic rings. The lowest BCUT2D eigenvalue weighted by Gasteiger charge is -2.48. The van der Waals surface area contributed by atoms with E-state index in [4.69, 9.17) is 4.74 Å². The third-order valence-corrected chi connectivity index (χ3v) is 6.33. The highest BCUT2D eigenvalue weighted by Crippen LogP contribution is 2.34. The first-order chi connectivity index (χ1) is 13.1. The van der Waals surface area contributed by atoms with E-state index in [2.05, 4.69) is 67.3 Å². The van der Waals surface area contributed by atoms with E-state index in [0.717, 1.165) is 32.6 Å². The number of aryl methyl sites for hydroxylation is 2. The molecule has 4 rings (SSSR count). The Kier molecular flexibility index (Phi) is 5.42. The van der Waals surface area contributed by atoms with E-state index in [-0.39, 0.29) is 5.92 Å². The summed E-state index contributed by atoms with van der Waals surface area (Å²) in [6.45, 7) is 6.67. The van der Waals surface area contributed by atoms with Crippen LogP contribution in [0.4, 0.5) is 0 Å². The Morgan fingerprint density at radius 2 is 1.59 bits per heavy atom. The number of carbonyl (C=O) groups excluding carboxylic acids is 1. The summed E-state index contributed by atoms with van der Waals surface area (Å²) in [5.74, 6) is 0.568. The molecule has 0 radical (unpaired) electrons. The molecule has 0 spiro atoms. The van der Waals surface area contributed by atoms with E-state index in [1.54, 1.807) is 0 Å². The second-order valence-corrected chi connectivity index (χ2v) is 8.18. The first-order valence-corrected chi connectivity index (χ1v) is 10.1. The average Bonchev–Trinajstić information content (AvgIpc) is 2.65. The number of ether oxygens (including phenoxy) is 1. The molecule has 2 unspecified atom stereocenters. The lowest BCUT2D eigenvalue weighted by atomic mass is 9.80. The smallest absolute Gasteiger partial charge is 0.140 e. The highest BCUT2D eigenvalue weighted by atomic mass is 16.5. The maximum Gasteiger partial charge on any atom is 0.140 e. The fourth-order valence-corrected chi connectivity index (χ4v) is 4.75. The Morgan fingerprint density at radius 3 is 2.22 bits per heavy atom. The van der Waals surface area contributed by atoms with Crippen LogP contribution in [0.15, 0.2) is 48.5 Å². The van der Waals surface area contributed by atoms with Crippen LogP contribution in [0.1, 0.15) is 35.1 Å². The van der Waals surface area contributed by atoms with Crippen molar-refractivity contribution in [3.05, 3.63) is 70.8 Å². The Hall–Kier alpha value is -1.97. The van der Waals surface area contributed by atoms with Crippen molar-refractivity contribution >= 4 is 5.78 Å². The average molecular weight is 364 g/mol. The minimum absolute atomic E-state index is 0.162. The van der Waals surface area contributed by atoms with Crippen LogP contribution in [0.3, 0.4) is 0 Å². The summed E-state index contributed by atoms with van der Waals surface area (Å²) in [4.78, 5) is 15.7. The van der Waals surface area contributed by atoms with Gasteiger partial charge in [0, 0.05) is 31.0 Å². The maximum atomic E-state index is 13.1. The molecule has 27 heavy (non-hydrogen) atoms. The quantitative estimate of drug-likeness (QED) is 0.801. The first kappa shape index (κ1) is 18.4. The van der Waals surface area contributed by atoms with Crippen molar-refractivity contribution < 1.29 is 9.53 Å². The Balaban J connectivity index is 1.46. The maximum absolute atomic E-state index is 13.1. The molecule has 0 N–H and O–H groups in total. The Bertz CT molecular complexity index is 767. The van der Waals surface area contributed by atoms with Gasteiger partial charge in [-0.25, -0.2) is 0 Å². The van der Waals surface area contributed by atoms with Gasteiger partial charge in [-0.2, -0.15) is 0 Å². The van der Waals surface area contributed by atoms with Crippen molar-refractivity contribution in [2.24, 2.45) is 5.92 Å². The van der Waals surface area contributed by atoms with Gasteiger partial charge < -0.3 is 4.74 Å². The fourth-order valence-electron chi connectivity index (χ4n) is 4.75. The van der Waals surface area contributed by atoms with Gasteiger partial charge in [-0.1, -0.05) is 48.5 Å². The molecule has 2 saturated heterocycles. The second kappa shape index (κ2) is 7.95. The van der Waals surface area contributed by atoms with Crippen LogP contribution in [-0.2, 0) is 22.5 Å². The third-order valence-electron chi connectivity index (χ3n) is 6.33. The zero-order chi connectivity index (χ0) is 18.8. The van der Waals surface area contributed by atoms with Gasteiger partial charge >= 0.3 is 0 Å². The number of rotatable bonds is 5. The monoisotopic (exact) mass is 363 g/mol. The standard InChI is InChI=1S/C24H29NO2/c1-17-7-6-8-18(2)23(17)13-24(26)20-11-21-15-27-16-22(12-20)25(21)14-19-9-4-3-5-10-19/h3-10,20-22H,11-16H2,1-2H3. The largest absolute Gasteiger partial charge is 0.378 e. The van der Waals surface area contributed by atoms with Gasteiger partial charge in [0.1, 0.15) is 5.78 Å². The molecule has 0 saturated carbocycles. The highest BCUT2D eigenvalue weighted by molar-refractivity contribution is 5.84. The molecular formula is C24H29NO2. The number of hydrogen-bond acceptors (Lipinski definition) is 3. The molecule has 2 fully saturated rings. The second-order valence-electron chi connectivity index (χ2n) is 8.18. The van der Waals surface area contributed by atoms with E-state index in [1.165, 1.54) is 22.3 Å². The van der Waals surface area contributed by atoms with E-state index < -0.39 is 0 Å². The van der Waals surface area contributed by atoms with Gasteiger partial charge in [-0.15, -0.1) is 0 Å². The summed E-state index contributed by atoms with van der Waals surface area (Å²) in [6, 6.07) is 17.6. The molecule has 0 amide bonds. The molecule has 2 bridgehead atoms. The molecule has 0 aromatic heterocycles. The number of fused-ring (bicyclic) bond motifs is 2. The van der Waals surface area contributed by atoms with Gasteiger partial charge in [0.2, 0.25) is 0 Å². The highest BCUT2D eigenvalue weighted by Gasteiger charge is 2.41. The molecule has 2 aromatic carbocycles. The summed E-state index contributed by atoms with van der Waals surface area (Å²) < 4.78 is 5.84. The molecule has 0 aliphatic carbocycles. The normalized spacial score (nSPS) is 25.3. The molecule has 2 aliphatic heterocycles. The lowest BCUT2D eigenvalue weighted by molar-refractivity contribution is -0.133. The molecule has 142 valence electrons. The van der Waals surface area contributed by atoms with Crippen molar-refractivity contribution in [3.8, 4) is 0 Å². The molecule has 3 nitrogen and oxygen atoms in total. The molecule has 2 aromatic rings. The van der Waals surface area contributed by atoms with E-state index in [9.17, 15) is 4.79 Å². The third kappa shape index (κ3) is 3.99. The minimum atomic E-state index is 0.162. The van der Waals surface area contributed by atoms with E-state index in [0.29, 0.717) is 24.3 Å². The van der Waals surface area contributed by atoms with Crippen molar-refractivity contribution in [1.29, 1.82) is 0 Å². The molecular weight excluding hydrogens is 334 g/mol. The van der Waals surface area contributed by atoms with Crippen LogP contribution in [0.25, 0.3) is 0 Å². The van der Waals surface area contributed by atoms with Crippen molar-refractivity contribution in [3.63, 3.8) is 0 Å². The van der Waals surface area contributed by atoms with Crippen molar-refractivity contribution in [2.45, 2.75) is 51.7 Å². The van der Waals surface area contributed by atoms with Gasteiger partial charge in [0.15, 0.2) is 0 Å². The fraction of sp³-hybridized carbons (Fsp3) is 0.458. The minimum Gasteiger partial charge on any atom is -0.378 e. The van der Waals surface area contributed by atoms with Crippen LogP contribution in [0.5, 0.6) is 0 Å². The number of morpholine rings is 1. The number of hydrogen-bond donors (Lipinski definition) is 0. The number of ketones is 1. The summed E-state index contributed by atoms with van der Waals surface area (Å²) in [5.41, 5.74) is 5.02. The van der Waals surface area contributed by atoms with Gasteiger partial charge in [0.25, 0.3) is 0 Å². The lowest BCUT2D eigenvalue weighted by Crippen LogP contribution is -2.57. The topological polar surface area (TPSA) is 29.5 Å². The number of nitrogens with zero attached hydrogens (tertiary/aromatic N) is 1. The zero-order valence-electron chi connectivity index (χ0n) is 16.4. The van der Waals surface area contributed by atoms with Crippen molar-refractivity contribution in [2.75, 3.05) is 13.2 Å². The molecule has 2 heterocycles. The Labute approximate surface area is 162 Å². The summed E-state index contributed by atoms with van der Waals surface area (Å²) >= 11 is 0. The SMILES string of the molecule is Cc1cccc(C)c1CC(=O)C1CC2COCC(C1)N2Cc1ccccc1. The predicted molar refractivity (Wildman–Crippen MR) is 108 cm³/mol. The Morgan fingerprint density at radius 1 is 0.963 bits per heavy atom. The number of Topliss-reactive ketones (excluding diaryl/α,β-unsaturated/α-hetero) is 1. The van der Waals surface area contributed by atoms with Crippen LogP contribution in [0, 0.1) is 19.8 Å². The summed E-state index contributed by atoms with van der Waals surface area (Å²) in [5, 5.41) is 0. The predicted octanol–water partition coefficient (Wildman–Crippen LogP) is 4.09. The van der Waals surface area contributed by atoms with Crippen LogP contribution < -0.4 is 0 Å². The number of benzene rings is 2. The van der Waals surface area contributed by atoms with Gasteiger partial charge in [0.05, 0.1) is 13.2 Å². The zero-order valence-corrected chi connectivity index (χ0v) is 16.4. The van der Waals surface area contributed by atoms with Crippen LogP contribution >= 0.6 is 0 Å². The molecule has 2 atom stereocenters. The van der Waals surface area contributed by atoms with Crippen LogP contribution in [0.2, 0.25) is 0 Å². The van der Waals surface area contributed by atoms with E-state index >= 15 is 0 Å². The first-order valence-electron chi connectivity index (χ1n) is 10.1. The van der Waals surface area contributed by atoms with Crippen LogP contribution in [-0.4, -0.2) is 36.0 Å². The summed E-state index contributed by atoms with van der Waals surface area (Å²) in [7, 11) is 0. The molecule has 3 heteroatoms. The van der Waals surface area contributed by atoms with E-state index in [1.807, 2.05) is 0 Å². The van der Waals surface area contributed by atoms with Crippen molar-refractivity contribution in [1.82, 2.24) is 4.90 Å². The van der Waals surface area contributed by atoms with Gasteiger partial charge in [-0.3, -0.25) is 9.69 Å².